The predicted octanol–water partition coefficient (Wildman–Crippen LogP) is 2.51. The minimum Gasteiger partial charge on any atom is -0.462 e. The molecule has 5 nitrogen and oxygen atoms in total. The molecule has 0 saturated carbocycles. The summed E-state index contributed by atoms with van der Waals surface area (Å²) >= 11 is 1.54. The molecule has 1 aromatic carbocycles. The van der Waals surface area contributed by atoms with Crippen LogP contribution < -0.4 is 11.1 Å². The van der Waals surface area contributed by atoms with Crippen LogP contribution in [-0.2, 0) is 11.3 Å². The summed E-state index contributed by atoms with van der Waals surface area (Å²) in [6.07, 6.45) is 1.78. The first-order valence-electron chi connectivity index (χ1n) is 5.89. The zero-order chi connectivity index (χ0) is 13.7. The molecular formula is C13H15N3O2S. The number of nitrogens with zero attached hydrogens (tertiary/aromatic N) is 1. The topological polar surface area (TPSA) is 77.2 Å². The first-order chi connectivity index (χ1) is 9.22. The second-order valence-electron chi connectivity index (χ2n) is 3.81. The second kappa shape index (κ2) is 6.19. The lowest BCUT2D eigenvalue weighted by Gasteiger charge is -2.13. The molecule has 2 aromatic rings. The highest BCUT2D eigenvalue weighted by atomic mass is 32.1. The van der Waals surface area contributed by atoms with Crippen molar-refractivity contribution < 1.29 is 9.53 Å². The van der Waals surface area contributed by atoms with E-state index in [-0.39, 0.29) is 5.97 Å². The van der Waals surface area contributed by atoms with Crippen LogP contribution in [0.2, 0.25) is 0 Å². The van der Waals surface area contributed by atoms with Gasteiger partial charge in [-0.3, -0.25) is 4.98 Å². The Hall–Kier alpha value is -2.08. The largest absolute Gasteiger partial charge is 0.462 e. The minimum atomic E-state index is -0.374. The van der Waals surface area contributed by atoms with E-state index >= 15 is 0 Å². The maximum absolute atomic E-state index is 11.9. The van der Waals surface area contributed by atoms with Gasteiger partial charge in [-0.25, -0.2) is 4.79 Å². The average Bonchev–Trinajstić information content (AvgIpc) is 2.90. The molecule has 0 fully saturated rings. The number of aromatic nitrogens is 1. The van der Waals surface area contributed by atoms with Gasteiger partial charge in [-0.1, -0.05) is 6.07 Å². The number of hydrogen-bond donors (Lipinski definition) is 2. The van der Waals surface area contributed by atoms with Gasteiger partial charge in [0, 0.05) is 11.1 Å². The molecule has 0 amide bonds. The highest BCUT2D eigenvalue weighted by Crippen LogP contribution is 2.25. The first kappa shape index (κ1) is 13.4. The van der Waals surface area contributed by atoms with E-state index in [1.165, 1.54) is 0 Å². The number of benzene rings is 1. The molecule has 6 heteroatoms. The van der Waals surface area contributed by atoms with Gasteiger partial charge in [0.15, 0.2) is 0 Å². The van der Waals surface area contributed by atoms with Crippen molar-refractivity contribution in [2.45, 2.75) is 13.5 Å². The maximum atomic E-state index is 11.9. The van der Waals surface area contributed by atoms with E-state index in [0.29, 0.717) is 30.1 Å². The number of nitrogens with one attached hydrogen (secondary N) is 1. The molecule has 19 heavy (non-hydrogen) atoms. The molecule has 0 aliphatic carbocycles. The molecule has 0 saturated heterocycles. The third kappa shape index (κ3) is 3.23. The van der Waals surface area contributed by atoms with E-state index in [0.717, 1.165) is 4.88 Å². The van der Waals surface area contributed by atoms with Gasteiger partial charge in [0.25, 0.3) is 0 Å². The highest BCUT2D eigenvalue weighted by Gasteiger charge is 2.14. The summed E-state index contributed by atoms with van der Waals surface area (Å²) in [6, 6.07) is 5.18. The first-order valence-corrected chi connectivity index (χ1v) is 6.77. The molecule has 0 aliphatic heterocycles. The molecule has 1 aromatic heterocycles. The van der Waals surface area contributed by atoms with Gasteiger partial charge in [0.1, 0.15) is 0 Å². The van der Waals surface area contributed by atoms with E-state index in [1.807, 2.05) is 0 Å². The lowest BCUT2D eigenvalue weighted by Crippen LogP contribution is -2.11. The standard InChI is InChI=1S/C13H15N3O2S/c1-2-18-13(17)10-4-3-5-11(14)12(10)16-7-9-6-15-8-19-9/h3-6,8,16H,2,7,14H2,1H3. The number of para-hydroxylation sites is 1. The number of nitrogens with two attached hydrogens (primary N) is 1. The molecule has 3 N–H and O–H groups in total. The smallest absolute Gasteiger partial charge is 0.340 e. The van der Waals surface area contributed by atoms with Crippen LogP contribution >= 0.6 is 11.3 Å². The van der Waals surface area contributed by atoms with Gasteiger partial charge in [0.05, 0.1) is 35.6 Å². The summed E-state index contributed by atoms with van der Waals surface area (Å²) in [6.45, 7) is 2.68. The monoisotopic (exact) mass is 277 g/mol. The van der Waals surface area contributed by atoms with Crippen LogP contribution in [0.1, 0.15) is 22.2 Å². The molecule has 0 aliphatic rings. The zero-order valence-electron chi connectivity index (χ0n) is 10.6. The van der Waals surface area contributed by atoms with E-state index in [4.69, 9.17) is 10.5 Å². The number of anilines is 2. The maximum Gasteiger partial charge on any atom is 0.340 e. The molecule has 0 radical (unpaired) electrons. The molecular weight excluding hydrogens is 262 g/mol. The highest BCUT2D eigenvalue weighted by molar-refractivity contribution is 7.09. The van der Waals surface area contributed by atoms with E-state index in [9.17, 15) is 4.79 Å². The number of hydrogen-bond acceptors (Lipinski definition) is 6. The van der Waals surface area contributed by atoms with Crippen LogP contribution in [0.15, 0.2) is 29.9 Å². The Labute approximate surface area is 115 Å². The number of esters is 1. The van der Waals surface area contributed by atoms with E-state index < -0.39 is 0 Å². The summed E-state index contributed by atoms with van der Waals surface area (Å²) in [5.41, 5.74) is 9.25. The summed E-state index contributed by atoms with van der Waals surface area (Å²) < 4.78 is 5.02. The van der Waals surface area contributed by atoms with Crippen molar-refractivity contribution in [2.75, 3.05) is 17.7 Å². The quantitative estimate of drug-likeness (QED) is 0.648. The van der Waals surface area contributed by atoms with Crippen LogP contribution in [0, 0.1) is 0 Å². The van der Waals surface area contributed by atoms with Crippen molar-refractivity contribution >= 4 is 28.7 Å². The second-order valence-corrected chi connectivity index (χ2v) is 4.78. The summed E-state index contributed by atoms with van der Waals surface area (Å²) in [5, 5.41) is 3.17. The van der Waals surface area contributed by atoms with Crippen LogP contribution in [0.3, 0.4) is 0 Å². The van der Waals surface area contributed by atoms with Crippen molar-refractivity contribution in [3.8, 4) is 0 Å². The van der Waals surface area contributed by atoms with Crippen LogP contribution in [-0.4, -0.2) is 17.6 Å². The summed E-state index contributed by atoms with van der Waals surface area (Å²) in [7, 11) is 0. The molecule has 0 atom stereocenters. The van der Waals surface area contributed by atoms with Crippen molar-refractivity contribution in [3.05, 3.63) is 40.3 Å². The van der Waals surface area contributed by atoms with E-state index in [1.54, 1.807) is 48.2 Å². The van der Waals surface area contributed by atoms with Crippen molar-refractivity contribution in [3.63, 3.8) is 0 Å². The van der Waals surface area contributed by atoms with Gasteiger partial charge in [-0.05, 0) is 19.1 Å². The zero-order valence-corrected chi connectivity index (χ0v) is 11.4. The third-order valence-electron chi connectivity index (χ3n) is 2.51. The van der Waals surface area contributed by atoms with Gasteiger partial charge >= 0.3 is 5.97 Å². The minimum absolute atomic E-state index is 0.335. The molecule has 0 bridgehead atoms. The van der Waals surface area contributed by atoms with Crippen molar-refractivity contribution in [2.24, 2.45) is 0 Å². The summed E-state index contributed by atoms with van der Waals surface area (Å²) in [5.74, 6) is -0.374. The van der Waals surface area contributed by atoms with Gasteiger partial charge in [-0.2, -0.15) is 0 Å². The fourth-order valence-corrected chi connectivity index (χ4v) is 2.19. The van der Waals surface area contributed by atoms with E-state index in [2.05, 4.69) is 10.3 Å². The van der Waals surface area contributed by atoms with Crippen LogP contribution in [0.25, 0.3) is 0 Å². The Morgan fingerprint density at radius 2 is 2.37 bits per heavy atom. The number of thiazole rings is 1. The molecule has 1 heterocycles. The lowest BCUT2D eigenvalue weighted by atomic mass is 10.1. The molecule has 2 rings (SSSR count). The van der Waals surface area contributed by atoms with Crippen LogP contribution in [0.5, 0.6) is 0 Å². The normalized spacial score (nSPS) is 10.2. The SMILES string of the molecule is CCOC(=O)c1cccc(N)c1NCc1cncs1. The number of nitrogen functional groups attached to an aromatic ring is 1. The van der Waals surface area contributed by atoms with Gasteiger partial charge in [-0.15, -0.1) is 11.3 Å². The Morgan fingerprint density at radius 3 is 3.05 bits per heavy atom. The predicted molar refractivity (Wildman–Crippen MR) is 76.3 cm³/mol. The van der Waals surface area contributed by atoms with Crippen LogP contribution in [0.4, 0.5) is 11.4 Å². The average molecular weight is 277 g/mol. The Balaban J connectivity index is 2.20. The van der Waals surface area contributed by atoms with Gasteiger partial charge in [0.2, 0.25) is 0 Å². The number of ether oxygens (including phenoxy) is 1. The number of carbonyl (C=O) groups is 1. The lowest BCUT2D eigenvalue weighted by molar-refractivity contribution is 0.0527. The Kier molecular flexibility index (Phi) is 4.35. The fraction of sp³-hybridized carbons (Fsp3) is 0.231. The van der Waals surface area contributed by atoms with Crippen molar-refractivity contribution in [1.29, 1.82) is 0 Å². The molecule has 0 unspecified atom stereocenters. The molecule has 0 spiro atoms. The Morgan fingerprint density at radius 1 is 1.53 bits per heavy atom. The Bertz CT molecular complexity index is 555. The molecule has 100 valence electrons. The number of rotatable bonds is 5. The van der Waals surface area contributed by atoms with Gasteiger partial charge < -0.3 is 15.8 Å². The van der Waals surface area contributed by atoms with Crippen molar-refractivity contribution in [1.82, 2.24) is 4.98 Å². The summed E-state index contributed by atoms with van der Waals surface area (Å²) in [4.78, 5) is 16.9. The fourth-order valence-electron chi connectivity index (χ4n) is 1.65. The number of carbonyl (C=O) groups excluding carboxylic acids is 1. The third-order valence-corrected chi connectivity index (χ3v) is 3.29.